The Balaban J connectivity index is 3.07. The first-order valence-electron chi connectivity index (χ1n) is 5.89. The topological polar surface area (TPSA) is 113 Å². The van der Waals surface area contributed by atoms with Crippen molar-refractivity contribution in [2.24, 2.45) is 0 Å². The van der Waals surface area contributed by atoms with Crippen LogP contribution in [-0.4, -0.2) is 36.9 Å². The predicted molar refractivity (Wildman–Crippen MR) is 73.6 cm³/mol. The summed E-state index contributed by atoms with van der Waals surface area (Å²) in [7, 11) is 3.07. The van der Waals surface area contributed by atoms with Crippen LogP contribution in [0.25, 0.3) is 0 Å². The van der Waals surface area contributed by atoms with E-state index in [9.17, 15) is 19.7 Å². The van der Waals surface area contributed by atoms with Crippen LogP contribution in [0, 0.1) is 10.1 Å². The van der Waals surface area contributed by atoms with Gasteiger partial charge in [-0.25, -0.2) is 0 Å². The van der Waals surface area contributed by atoms with E-state index in [0.29, 0.717) is 5.69 Å². The molecule has 0 aliphatic rings. The summed E-state index contributed by atoms with van der Waals surface area (Å²) in [5, 5.41) is 18.5. The SMILES string of the molecule is CNC(=O)C(C)NC(=O)c1cc(NC)ccc1[N+](=O)[O-]. The molecule has 2 amide bonds. The van der Waals surface area contributed by atoms with Gasteiger partial charge in [0.1, 0.15) is 11.6 Å². The Kier molecular flexibility index (Phi) is 5.01. The Morgan fingerprint density at radius 3 is 2.45 bits per heavy atom. The number of hydrogen-bond donors (Lipinski definition) is 3. The van der Waals surface area contributed by atoms with Gasteiger partial charge in [-0.2, -0.15) is 0 Å². The molecule has 0 saturated carbocycles. The lowest BCUT2D eigenvalue weighted by molar-refractivity contribution is -0.385. The van der Waals surface area contributed by atoms with Gasteiger partial charge in [-0.3, -0.25) is 19.7 Å². The Bertz CT molecular complexity index is 544. The van der Waals surface area contributed by atoms with Crippen LogP contribution in [-0.2, 0) is 4.79 Å². The van der Waals surface area contributed by atoms with Crippen LogP contribution in [0.2, 0.25) is 0 Å². The highest BCUT2D eigenvalue weighted by molar-refractivity contribution is 6.01. The number of nitrogens with zero attached hydrogens (tertiary/aromatic N) is 1. The van der Waals surface area contributed by atoms with Crippen molar-refractivity contribution in [3.63, 3.8) is 0 Å². The van der Waals surface area contributed by atoms with Crippen molar-refractivity contribution in [3.05, 3.63) is 33.9 Å². The van der Waals surface area contributed by atoms with Crippen LogP contribution in [0.5, 0.6) is 0 Å². The van der Waals surface area contributed by atoms with Gasteiger partial charge in [0.25, 0.3) is 11.6 Å². The molecule has 3 N–H and O–H groups in total. The number of likely N-dealkylation sites (N-methyl/N-ethyl adjacent to an activating group) is 1. The number of benzene rings is 1. The third-order valence-corrected chi connectivity index (χ3v) is 2.71. The number of carbonyl (C=O) groups is 2. The van der Waals surface area contributed by atoms with Gasteiger partial charge in [0, 0.05) is 25.8 Å². The third kappa shape index (κ3) is 3.44. The van der Waals surface area contributed by atoms with Crippen molar-refractivity contribution >= 4 is 23.2 Å². The second kappa shape index (κ2) is 6.50. The minimum atomic E-state index is -0.787. The zero-order valence-corrected chi connectivity index (χ0v) is 11.4. The van der Waals surface area contributed by atoms with E-state index in [0.717, 1.165) is 0 Å². The average Bonchev–Trinajstić information content (AvgIpc) is 2.45. The van der Waals surface area contributed by atoms with Crippen LogP contribution in [0.3, 0.4) is 0 Å². The highest BCUT2D eigenvalue weighted by atomic mass is 16.6. The smallest absolute Gasteiger partial charge is 0.282 e. The lowest BCUT2D eigenvalue weighted by atomic mass is 10.1. The predicted octanol–water partition coefficient (Wildman–Crippen LogP) is 0.501. The van der Waals surface area contributed by atoms with E-state index in [1.165, 1.54) is 32.2 Å². The molecule has 1 aromatic carbocycles. The van der Waals surface area contributed by atoms with Crippen molar-refractivity contribution < 1.29 is 14.5 Å². The fraction of sp³-hybridized carbons (Fsp3) is 0.333. The highest BCUT2D eigenvalue weighted by Gasteiger charge is 2.23. The molecule has 0 aromatic heterocycles. The number of hydrogen-bond acceptors (Lipinski definition) is 5. The Labute approximate surface area is 115 Å². The number of carbonyl (C=O) groups excluding carboxylic acids is 2. The molecule has 1 aromatic rings. The normalized spacial score (nSPS) is 11.3. The molecule has 1 unspecified atom stereocenters. The Hall–Kier alpha value is -2.64. The molecule has 0 aliphatic heterocycles. The van der Waals surface area contributed by atoms with Gasteiger partial charge in [-0.05, 0) is 19.1 Å². The second-order valence-corrected chi connectivity index (χ2v) is 4.05. The van der Waals surface area contributed by atoms with Crippen LogP contribution >= 0.6 is 0 Å². The molecule has 1 rings (SSSR count). The zero-order chi connectivity index (χ0) is 15.3. The third-order valence-electron chi connectivity index (χ3n) is 2.71. The number of rotatable bonds is 5. The summed E-state index contributed by atoms with van der Waals surface area (Å²) in [4.78, 5) is 33.7. The van der Waals surface area contributed by atoms with Gasteiger partial charge >= 0.3 is 0 Å². The van der Waals surface area contributed by atoms with E-state index in [4.69, 9.17) is 0 Å². The maximum atomic E-state index is 12.0. The number of nitro groups is 1. The monoisotopic (exact) mass is 280 g/mol. The van der Waals surface area contributed by atoms with Gasteiger partial charge in [-0.15, -0.1) is 0 Å². The summed E-state index contributed by atoms with van der Waals surface area (Å²) in [6, 6.07) is 3.32. The molecule has 8 nitrogen and oxygen atoms in total. The fourth-order valence-corrected chi connectivity index (χ4v) is 1.59. The molecule has 0 saturated heterocycles. The quantitative estimate of drug-likeness (QED) is 0.537. The van der Waals surface area contributed by atoms with Gasteiger partial charge < -0.3 is 16.0 Å². The largest absolute Gasteiger partial charge is 0.388 e. The molecule has 108 valence electrons. The molecular weight excluding hydrogens is 264 g/mol. The van der Waals surface area contributed by atoms with Crippen molar-refractivity contribution in [2.45, 2.75) is 13.0 Å². The van der Waals surface area contributed by atoms with Crippen LogP contribution in [0.1, 0.15) is 17.3 Å². The summed E-state index contributed by atoms with van der Waals surface area (Å²) < 4.78 is 0. The number of amides is 2. The average molecular weight is 280 g/mol. The molecule has 0 spiro atoms. The lowest BCUT2D eigenvalue weighted by Crippen LogP contribution is -2.43. The molecule has 1 atom stereocenters. The standard InChI is InChI=1S/C12H16N4O4/c1-7(11(17)14-3)15-12(18)9-6-8(13-2)4-5-10(9)16(19)20/h4-7,13H,1-3H3,(H,14,17)(H,15,18). The summed E-state index contributed by atoms with van der Waals surface area (Å²) in [5.74, 6) is -1.06. The van der Waals surface area contributed by atoms with Crippen molar-refractivity contribution in [1.29, 1.82) is 0 Å². The first-order chi connectivity index (χ1) is 9.40. The van der Waals surface area contributed by atoms with E-state index in [1.54, 1.807) is 7.05 Å². The molecule has 8 heteroatoms. The number of nitrogens with one attached hydrogen (secondary N) is 3. The summed E-state index contributed by atoms with van der Waals surface area (Å²) in [6.07, 6.45) is 0. The fourth-order valence-electron chi connectivity index (χ4n) is 1.59. The minimum Gasteiger partial charge on any atom is -0.388 e. The molecule has 0 aliphatic carbocycles. The van der Waals surface area contributed by atoms with E-state index < -0.39 is 16.9 Å². The van der Waals surface area contributed by atoms with Crippen LogP contribution in [0.15, 0.2) is 18.2 Å². The highest BCUT2D eigenvalue weighted by Crippen LogP contribution is 2.22. The minimum absolute atomic E-state index is 0.0994. The maximum Gasteiger partial charge on any atom is 0.282 e. The summed E-state index contributed by atoms with van der Waals surface area (Å²) in [6.45, 7) is 1.49. The maximum absolute atomic E-state index is 12.0. The molecule has 0 heterocycles. The van der Waals surface area contributed by atoms with E-state index in [2.05, 4.69) is 16.0 Å². The molecule has 0 bridgehead atoms. The van der Waals surface area contributed by atoms with Gasteiger partial charge in [0.05, 0.1) is 4.92 Å². The van der Waals surface area contributed by atoms with Crippen molar-refractivity contribution in [2.75, 3.05) is 19.4 Å². The van der Waals surface area contributed by atoms with Crippen molar-refractivity contribution in [1.82, 2.24) is 10.6 Å². The second-order valence-electron chi connectivity index (χ2n) is 4.05. The molecule has 0 fully saturated rings. The number of nitro benzene ring substituents is 1. The van der Waals surface area contributed by atoms with Gasteiger partial charge in [0.15, 0.2) is 0 Å². The van der Waals surface area contributed by atoms with E-state index >= 15 is 0 Å². The Morgan fingerprint density at radius 1 is 1.30 bits per heavy atom. The zero-order valence-electron chi connectivity index (χ0n) is 11.4. The van der Waals surface area contributed by atoms with Crippen LogP contribution < -0.4 is 16.0 Å². The van der Waals surface area contributed by atoms with E-state index in [-0.39, 0.29) is 17.2 Å². The lowest BCUT2D eigenvalue weighted by Gasteiger charge is -2.13. The van der Waals surface area contributed by atoms with E-state index in [1.807, 2.05) is 0 Å². The van der Waals surface area contributed by atoms with Gasteiger partial charge in [-0.1, -0.05) is 0 Å². The van der Waals surface area contributed by atoms with Gasteiger partial charge in [0.2, 0.25) is 5.91 Å². The van der Waals surface area contributed by atoms with Crippen molar-refractivity contribution in [3.8, 4) is 0 Å². The molecule has 20 heavy (non-hydrogen) atoms. The number of anilines is 1. The molecule has 0 radical (unpaired) electrons. The summed E-state index contributed by atoms with van der Waals surface area (Å²) >= 11 is 0. The molecular formula is C12H16N4O4. The summed E-state index contributed by atoms with van der Waals surface area (Å²) in [5.41, 5.74) is 0.150. The first-order valence-corrected chi connectivity index (χ1v) is 5.89. The Morgan fingerprint density at radius 2 is 1.95 bits per heavy atom. The first kappa shape index (κ1) is 15.4. The van der Waals surface area contributed by atoms with Crippen LogP contribution in [0.4, 0.5) is 11.4 Å².